The highest BCUT2D eigenvalue weighted by Gasteiger charge is 2.17. The van der Waals surface area contributed by atoms with Gasteiger partial charge in [-0.3, -0.25) is 4.98 Å². The predicted molar refractivity (Wildman–Crippen MR) is 72.2 cm³/mol. The fraction of sp³-hybridized carbons (Fsp3) is 0.250. The SMILES string of the molecule is COCCc1nc(C(=O)O)c(Nc2cccnc2)s1. The Morgan fingerprint density at radius 1 is 1.58 bits per heavy atom. The Morgan fingerprint density at radius 2 is 2.42 bits per heavy atom. The molecule has 2 N–H and O–H groups in total. The summed E-state index contributed by atoms with van der Waals surface area (Å²) in [5.74, 6) is -1.05. The monoisotopic (exact) mass is 279 g/mol. The molecule has 7 heteroatoms. The number of ether oxygens (including phenoxy) is 1. The lowest BCUT2D eigenvalue weighted by Gasteiger charge is -2.02. The van der Waals surface area contributed by atoms with Gasteiger partial charge in [-0.15, -0.1) is 11.3 Å². The van der Waals surface area contributed by atoms with Crippen molar-refractivity contribution in [2.45, 2.75) is 6.42 Å². The molecule has 0 spiro atoms. The van der Waals surface area contributed by atoms with Crippen LogP contribution in [-0.4, -0.2) is 34.8 Å². The summed E-state index contributed by atoms with van der Waals surface area (Å²) in [7, 11) is 1.60. The molecule has 100 valence electrons. The fourth-order valence-corrected chi connectivity index (χ4v) is 2.41. The molecule has 2 rings (SSSR count). The second kappa shape index (κ2) is 6.26. The van der Waals surface area contributed by atoms with Crippen molar-refractivity contribution in [3.63, 3.8) is 0 Å². The number of pyridine rings is 1. The number of carboxylic acid groups (broad SMARTS) is 1. The number of hydrogen-bond donors (Lipinski definition) is 2. The van der Waals surface area contributed by atoms with Crippen molar-refractivity contribution in [3.8, 4) is 0 Å². The number of hydrogen-bond acceptors (Lipinski definition) is 6. The van der Waals surface area contributed by atoms with Crippen molar-refractivity contribution < 1.29 is 14.6 Å². The molecule has 0 aliphatic heterocycles. The zero-order valence-corrected chi connectivity index (χ0v) is 11.1. The third-order valence-electron chi connectivity index (χ3n) is 2.31. The Morgan fingerprint density at radius 3 is 3.05 bits per heavy atom. The van der Waals surface area contributed by atoms with Crippen molar-refractivity contribution in [1.29, 1.82) is 0 Å². The highest BCUT2D eigenvalue weighted by Crippen LogP contribution is 2.28. The third-order valence-corrected chi connectivity index (χ3v) is 3.34. The molecule has 19 heavy (non-hydrogen) atoms. The van der Waals surface area contributed by atoms with Crippen molar-refractivity contribution in [1.82, 2.24) is 9.97 Å². The second-order valence-corrected chi connectivity index (χ2v) is 4.78. The number of nitrogens with zero attached hydrogens (tertiary/aromatic N) is 2. The number of carboxylic acids is 1. The summed E-state index contributed by atoms with van der Waals surface area (Å²) in [6, 6.07) is 3.59. The van der Waals surface area contributed by atoms with Gasteiger partial charge in [0, 0.05) is 19.7 Å². The van der Waals surface area contributed by atoms with Crippen LogP contribution in [0, 0.1) is 0 Å². The van der Waals surface area contributed by atoms with Gasteiger partial charge in [0.05, 0.1) is 23.5 Å². The zero-order valence-electron chi connectivity index (χ0n) is 10.3. The lowest BCUT2D eigenvalue weighted by Crippen LogP contribution is -2.02. The first-order chi connectivity index (χ1) is 9.20. The highest BCUT2D eigenvalue weighted by molar-refractivity contribution is 7.16. The van der Waals surface area contributed by atoms with Crippen LogP contribution in [0.3, 0.4) is 0 Å². The smallest absolute Gasteiger partial charge is 0.357 e. The molecule has 0 radical (unpaired) electrons. The second-order valence-electron chi connectivity index (χ2n) is 3.70. The van der Waals surface area contributed by atoms with Gasteiger partial charge >= 0.3 is 5.97 Å². The van der Waals surface area contributed by atoms with Crippen LogP contribution < -0.4 is 5.32 Å². The van der Waals surface area contributed by atoms with E-state index in [1.54, 1.807) is 25.6 Å². The molecular formula is C12H13N3O3S. The highest BCUT2D eigenvalue weighted by atomic mass is 32.1. The van der Waals surface area contributed by atoms with Crippen LogP contribution in [-0.2, 0) is 11.2 Å². The molecule has 0 aliphatic carbocycles. The number of methoxy groups -OCH3 is 1. The van der Waals surface area contributed by atoms with E-state index in [4.69, 9.17) is 9.84 Å². The summed E-state index contributed by atoms with van der Waals surface area (Å²) < 4.78 is 4.96. The number of thiazole rings is 1. The maximum absolute atomic E-state index is 11.2. The number of aromatic carboxylic acids is 1. The molecule has 0 atom stereocenters. The van der Waals surface area contributed by atoms with Gasteiger partial charge in [-0.05, 0) is 12.1 Å². The van der Waals surface area contributed by atoms with Gasteiger partial charge in [0.15, 0.2) is 5.69 Å². The van der Waals surface area contributed by atoms with Gasteiger partial charge in [-0.1, -0.05) is 0 Å². The van der Waals surface area contributed by atoms with Gasteiger partial charge in [0.25, 0.3) is 0 Å². The summed E-state index contributed by atoms with van der Waals surface area (Å²) in [6.07, 6.45) is 3.87. The first kappa shape index (κ1) is 13.4. The first-order valence-electron chi connectivity index (χ1n) is 5.59. The van der Waals surface area contributed by atoms with Gasteiger partial charge in [0.1, 0.15) is 5.00 Å². The minimum Gasteiger partial charge on any atom is -0.476 e. The molecule has 0 aliphatic rings. The molecule has 0 amide bonds. The molecule has 0 unspecified atom stereocenters. The van der Waals surface area contributed by atoms with Crippen LogP contribution >= 0.6 is 11.3 Å². The van der Waals surface area contributed by atoms with E-state index in [1.165, 1.54) is 11.3 Å². The Balaban J connectivity index is 2.22. The number of anilines is 2. The Hall–Kier alpha value is -1.99. The van der Waals surface area contributed by atoms with Gasteiger partial charge in [-0.25, -0.2) is 9.78 Å². The lowest BCUT2D eigenvalue weighted by atomic mass is 10.4. The molecule has 6 nitrogen and oxygen atoms in total. The van der Waals surface area contributed by atoms with Crippen molar-refractivity contribution >= 4 is 28.0 Å². The van der Waals surface area contributed by atoms with E-state index in [0.29, 0.717) is 18.0 Å². The normalized spacial score (nSPS) is 10.4. The molecule has 0 fully saturated rings. The van der Waals surface area contributed by atoms with Crippen LogP contribution in [0.1, 0.15) is 15.5 Å². The average Bonchev–Trinajstić information content (AvgIpc) is 2.81. The number of rotatable bonds is 6. The summed E-state index contributed by atoms with van der Waals surface area (Å²) >= 11 is 1.31. The van der Waals surface area contributed by atoms with E-state index in [1.807, 2.05) is 6.07 Å². The lowest BCUT2D eigenvalue weighted by molar-refractivity contribution is 0.0692. The molecule has 2 aromatic rings. The standard InChI is InChI=1S/C12H13N3O3S/c1-18-6-4-9-15-10(12(16)17)11(19-9)14-8-3-2-5-13-7-8/h2-3,5,7,14H,4,6H2,1H3,(H,16,17). The number of aromatic nitrogens is 2. The topological polar surface area (TPSA) is 84.3 Å². The van der Waals surface area contributed by atoms with Gasteiger partial charge < -0.3 is 15.2 Å². The van der Waals surface area contributed by atoms with E-state index in [2.05, 4.69) is 15.3 Å². The maximum atomic E-state index is 11.2. The fourth-order valence-electron chi connectivity index (χ4n) is 1.46. The Labute approximate surface area is 114 Å². The summed E-state index contributed by atoms with van der Waals surface area (Å²) in [6.45, 7) is 0.513. The number of carbonyl (C=O) groups is 1. The van der Waals surface area contributed by atoms with Gasteiger partial charge in [0.2, 0.25) is 0 Å². The molecule has 0 saturated carbocycles. The summed E-state index contributed by atoms with van der Waals surface area (Å²) in [5.41, 5.74) is 0.756. The van der Waals surface area contributed by atoms with E-state index >= 15 is 0 Å². The molecular weight excluding hydrogens is 266 g/mol. The average molecular weight is 279 g/mol. The van der Waals surface area contributed by atoms with Crippen LogP contribution in [0.25, 0.3) is 0 Å². The van der Waals surface area contributed by atoms with Crippen LogP contribution in [0.15, 0.2) is 24.5 Å². The summed E-state index contributed by atoms with van der Waals surface area (Å²) in [4.78, 5) is 19.2. The van der Waals surface area contributed by atoms with E-state index in [-0.39, 0.29) is 5.69 Å². The molecule has 0 bridgehead atoms. The van der Waals surface area contributed by atoms with E-state index in [0.717, 1.165) is 10.7 Å². The van der Waals surface area contributed by atoms with Crippen LogP contribution in [0.2, 0.25) is 0 Å². The van der Waals surface area contributed by atoms with Crippen molar-refractivity contribution in [3.05, 3.63) is 35.2 Å². The zero-order chi connectivity index (χ0) is 13.7. The maximum Gasteiger partial charge on any atom is 0.357 e. The van der Waals surface area contributed by atoms with E-state index in [9.17, 15) is 4.79 Å². The van der Waals surface area contributed by atoms with Crippen molar-refractivity contribution in [2.24, 2.45) is 0 Å². The van der Waals surface area contributed by atoms with Crippen LogP contribution in [0.5, 0.6) is 0 Å². The minimum absolute atomic E-state index is 0.0277. The number of nitrogens with one attached hydrogen (secondary N) is 1. The Kier molecular flexibility index (Phi) is 4.43. The summed E-state index contributed by atoms with van der Waals surface area (Å²) in [5, 5.41) is 13.4. The molecule has 0 aromatic carbocycles. The molecule has 0 saturated heterocycles. The van der Waals surface area contributed by atoms with Crippen LogP contribution in [0.4, 0.5) is 10.7 Å². The van der Waals surface area contributed by atoms with Crippen molar-refractivity contribution in [2.75, 3.05) is 19.0 Å². The Bertz CT molecular complexity index is 557. The third kappa shape index (κ3) is 3.49. The minimum atomic E-state index is -1.05. The van der Waals surface area contributed by atoms with Gasteiger partial charge in [-0.2, -0.15) is 0 Å². The largest absolute Gasteiger partial charge is 0.476 e. The first-order valence-corrected chi connectivity index (χ1v) is 6.41. The molecule has 2 aromatic heterocycles. The van der Waals surface area contributed by atoms with E-state index < -0.39 is 5.97 Å². The predicted octanol–water partition coefficient (Wildman–Crippen LogP) is 2.17. The molecule has 2 heterocycles. The quantitative estimate of drug-likeness (QED) is 0.843.